The van der Waals surface area contributed by atoms with Gasteiger partial charge in [-0.2, -0.15) is 4.98 Å². The van der Waals surface area contributed by atoms with Crippen LogP contribution in [0.3, 0.4) is 0 Å². The molecule has 0 radical (unpaired) electrons. The zero-order chi connectivity index (χ0) is 18.9. The molecule has 1 spiro atoms. The van der Waals surface area contributed by atoms with E-state index in [1.54, 1.807) is 30.4 Å². The Morgan fingerprint density at radius 1 is 1.33 bits per heavy atom. The van der Waals surface area contributed by atoms with E-state index in [0.717, 1.165) is 5.56 Å². The number of nitrogens with zero attached hydrogens (tertiary/aromatic N) is 5. The van der Waals surface area contributed by atoms with E-state index in [1.807, 2.05) is 11.0 Å². The van der Waals surface area contributed by atoms with Crippen LogP contribution in [0, 0.1) is 0 Å². The lowest BCUT2D eigenvalue weighted by Gasteiger charge is -2.37. The van der Waals surface area contributed by atoms with Crippen molar-refractivity contribution in [3.05, 3.63) is 30.4 Å². The molecule has 0 saturated carbocycles. The molecule has 27 heavy (non-hydrogen) atoms. The van der Waals surface area contributed by atoms with Gasteiger partial charge in [0.15, 0.2) is 0 Å². The van der Waals surface area contributed by atoms with E-state index in [9.17, 15) is 9.59 Å². The van der Waals surface area contributed by atoms with Crippen molar-refractivity contribution >= 4 is 12.0 Å². The number of hydrogen-bond acceptors (Lipinski definition) is 7. The molecule has 4 rings (SSSR count). The number of likely N-dealkylation sites (tertiary alicyclic amines) is 1. The molecule has 0 N–H and O–H groups in total. The molecule has 2 aromatic heterocycles. The van der Waals surface area contributed by atoms with E-state index in [4.69, 9.17) is 9.26 Å². The van der Waals surface area contributed by atoms with Gasteiger partial charge in [-0.05, 0) is 12.1 Å². The van der Waals surface area contributed by atoms with Crippen molar-refractivity contribution in [2.24, 2.45) is 0 Å². The number of pyridine rings is 1. The average Bonchev–Trinajstić information content (AvgIpc) is 3.26. The average molecular weight is 371 g/mol. The Labute approximate surface area is 156 Å². The van der Waals surface area contributed by atoms with Crippen molar-refractivity contribution < 1.29 is 18.8 Å². The molecule has 2 amide bonds. The third kappa shape index (κ3) is 3.62. The largest absolute Gasteiger partial charge is 0.441 e. The molecule has 2 saturated heterocycles. The maximum Gasteiger partial charge on any atom is 0.410 e. The number of likely N-dealkylation sites (N-methyl/N-ethyl adjacent to an activating group) is 1. The molecule has 9 heteroatoms. The Hall–Kier alpha value is -2.97. The van der Waals surface area contributed by atoms with Gasteiger partial charge >= 0.3 is 6.09 Å². The predicted molar refractivity (Wildman–Crippen MR) is 93.5 cm³/mol. The molecular weight excluding hydrogens is 350 g/mol. The van der Waals surface area contributed by atoms with E-state index in [-0.39, 0.29) is 12.0 Å². The summed E-state index contributed by atoms with van der Waals surface area (Å²) < 4.78 is 10.7. The molecule has 142 valence electrons. The van der Waals surface area contributed by atoms with Gasteiger partial charge in [-0.15, -0.1) is 0 Å². The minimum atomic E-state index is -0.437. The molecule has 0 unspecified atom stereocenters. The maximum atomic E-state index is 12.5. The Morgan fingerprint density at radius 3 is 2.81 bits per heavy atom. The van der Waals surface area contributed by atoms with Gasteiger partial charge in [-0.3, -0.25) is 9.78 Å². The van der Waals surface area contributed by atoms with Gasteiger partial charge in [0.05, 0.1) is 6.54 Å². The number of piperidine rings is 1. The Morgan fingerprint density at radius 2 is 2.15 bits per heavy atom. The van der Waals surface area contributed by atoms with Crippen LogP contribution < -0.4 is 0 Å². The maximum absolute atomic E-state index is 12.5. The van der Waals surface area contributed by atoms with Crippen LogP contribution in [0.4, 0.5) is 4.79 Å². The lowest BCUT2D eigenvalue weighted by Crippen LogP contribution is -2.48. The summed E-state index contributed by atoms with van der Waals surface area (Å²) in [7, 11) is 1.73. The van der Waals surface area contributed by atoms with Crippen LogP contribution in [0.1, 0.15) is 25.2 Å². The zero-order valence-corrected chi connectivity index (χ0v) is 15.1. The molecule has 2 aromatic rings. The monoisotopic (exact) mass is 371 g/mol. The van der Waals surface area contributed by atoms with Crippen molar-refractivity contribution in [2.75, 3.05) is 26.7 Å². The fourth-order valence-corrected chi connectivity index (χ4v) is 3.56. The normalized spacial score (nSPS) is 18.8. The molecule has 2 aliphatic heterocycles. The molecule has 0 bridgehead atoms. The van der Waals surface area contributed by atoms with Crippen LogP contribution in [0.2, 0.25) is 0 Å². The Balaban J connectivity index is 1.28. The van der Waals surface area contributed by atoms with Gasteiger partial charge in [-0.1, -0.05) is 5.16 Å². The first-order chi connectivity index (χ1) is 13.0. The molecule has 9 nitrogen and oxygen atoms in total. The lowest BCUT2D eigenvalue weighted by atomic mass is 9.91. The summed E-state index contributed by atoms with van der Waals surface area (Å²) in [5.74, 6) is 0.948. The number of amides is 2. The standard InChI is InChI=1S/C18H21N5O4/c1-22-12-18(26-17(22)25)6-9-23(10-7-18)15(24)5-4-14-20-16(21-27-14)13-3-2-8-19-11-13/h2-3,8,11H,4-7,9-10,12H2,1H3. The smallest absolute Gasteiger partial charge is 0.410 e. The first-order valence-electron chi connectivity index (χ1n) is 9.00. The third-order valence-corrected chi connectivity index (χ3v) is 5.11. The van der Waals surface area contributed by atoms with E-state index in [1.165, 1.54) is 0 Å². The van der Waals surface area contributed by atoms with Gasteiger partial charge in [-0.25, -0.2) is 4.79 Å². The fraction of sp³-hybridized carbons (Fsp3) is 0.500. The second kappa shape index (κ2) is 6.98. The Kier molecular flexibility index (Phi) is 4.51. The molecular formula is C18H21N5O4. The molecule has 2 fully saturated rings. The molecule has 2 aliphatic rings. The quantitative estimate of drug-likeness (QED) is 0.803. The van der Waals surface area contributed by atoms with Gasteiger partial charge in [0.2, 0.25) is 17.6 Å². The van der Waals surface area contributed by atoms with Crippen LogP contribution in [-0.4, -0.2) is 69.2 Å². The molecule has 0 atom stereocenters. The number of rotatable bonds is 4. The summed E-state index contributed by atoms with van der Waals surface area (Å²) in [6.45, 7) is 1.77. The summed E-state index contributed by atoms with van der Waals surface area (Å²) in [5, 5.41) is 3.94. The lowest BCUT2D eigenvalue weighted by molar-refractivity contribution is -0.134. The van der Waals surface area contributed by atoms with Crippen molar-refractivity contribution in [2.45, 2.75) is 31.3 Å². The molecule has 0 aliphatic carbocycles. The predicted octanol–water partition coefficient (Wildman–Crippen LogP) is 1.51. The van der Waals surface area contributed by atoms with E-state index in [0.29, 0.717) is 57.0 Å². The number of carbonyl (C=O) groups is 2. The second-order valence-corrected chi connectivity index (χ2v) is 7.04. The highest BCUT2D eigenvalue weighted by molar-refractivity contribution is 5.76. The number of ether oxygens (including phenoxy) is 1. The first kappa shape index (κ1) is 17.4. The number of hydrogen-bond donors (Lipinski definition) is 0. The summed E-state index contributed by atoms with van der Waals surface area (Å²) in [4.78, 5) is 35.9. The third-order valence-electron chi connectivity index (χ3n) is 5.11. The van der Waals surface area contributed by atoms with Crippen molar-refractivity contribution in [1.82, 2.24) is 24.9 Å². The highest BCUT2D eigenvalue weighted by Crippen LogP contribution is 2.32. The minimum absolute atomic E-state index is 0.0451. The van der Waals surface area contributed by atoms with Gasteiger partial charge in [0, 0.05) is 63.8 Å². The Bertz CT molecular complexity index is 829. The van der Waals surface area contributed by atoms with E-state index in [2.05, 4.69) is 15.1 Å². The second-order valence-electron chi connectivity index (χ2n) is 7.04. The highest BCUT2D eigenvalue weighted by atomic mass is 16.6. The number of carbonyl (C=O) groups excluding carboxylic acids is 2. The summed E-state index contributed by atoms with van der Waals surface area (Å²) in [5.41, 5.74) is 0.338. The molecule has 0 aromatic carbocycles. The zero-order valence-electron chi connectivity index (χ0n) is 15.1. The highest BCUT2D eigenvalue weighted by Gasteiger charge is 2.46. The van der Waals surface area contributed by atoms with Crippen LogP contribution in [-0.2, 0) is 16.0 Å². The minimum Gasteiger partial charge on any atom is -0.441 e. The van der Waals surface area contributed by atoms with Gasteiger partial charge in [0.1, 0.15) is 5.60 Å². The molecule has 4 heterocycles. The van der Waals surface area contributed by atoms with Crippen molar-refractivity contribution in [1.29, 1.82) is 0 Å². The summed E-state index contributed by atoms with van der Waals surface area (Å²) in [6, 6.07) is 3.65. The SMILES string of the molecule is CN1CC2(CCN(C(=O)CCc3nc(-c4cccnc4)no3)CC2)OC1=O. The van der Waals surface area contributed by atoms with Crippen molar-refractivity contribution in [3.8, 4) is 11.4 Å². The van der Waals surface area contributed by atoms with Crippen LogP contribution in [0.15, 0.2) is 29.0 Å². The van der Waals surface area contributed by atoms with Crippen molar-refractivity contribution in [3.63, 3.8) is 0 Å². The number of aromatic nitrogens is 3. The van der Waals surface area contributed by atoms with Crippen LogP contribution >= 0.6 is 0 Å². The van der Waals surface area contributed by atoms with E-state index >= 15 is 0 Å². The summed E-state index contributed by atoms with van der Waals surface area (Å²) >= 11 is 0. The topological polar surface area (TPSA) is 102 Å². The van der Waals surface area contributed by atoms with Gasteiger partial charge < -0.3 is 19.1 Å². The first-order valence-corrected chi connectivity index (χ1v) is 9.00. The fourth-order valence-electron chi connectivity index (χ4n) is 3.56. The van der Waals surface area contributed by atoms with Crippen LogP contribution in [0.25, 0.3) is 11.4 Å². The van der Waals surface area contributed by atoms with Crippen LogP contribution in [0.5, 0.6) is 0 Å². The van der Waals surface area contributed by atoms with Gasteiger partial charge in [0.25, 0.3) is 0 Å². The number of aryl methyl sites for hydroxylation is 1. The van der Waals surface area contributed by atoms with E-state index < -0.39 is 5.60 Å². The summed E-state index contributed by atoms with van der Waals surface area (Å²) in [6.07, 6.45) is 5.09.